The Labute approximate surface area is 227 Å². The Balaban J connectivity index is 1.12. The van der Waals surface area contributed by atoms with Crippen LogP contribution in [0.4, 0.5) is 22.9 Å². The van der Waals surface area contributed by atoms with Gasteiger partial charge in [-0.1, -0.05) is 0 Å². The highest BCUT2D eigenvalue weighted by Crippen LogP contribution is 2.40. The van der Waals surface area contributed by atoms with E-state index in [1.54, 1.807) is 13.3 Å². The molecular formula is C29H32N6O4. The fourth-order valence-electron chi connectivity index (χ4n) is 5.40. The number of nitrogens with zero attached hydrogens (tertiary/aromatic N) is 5. The zero-order valence-corrected chi connectivity index (χ0v) is 22.1. The van der Waals surface area contributed by atoms with Gasteiger partial charge in [0.2, 0.25) is 11.8 Å². The molecular weight excluding hydrogens is 496 g/mol. The van der Waals surface area contributed by atoms with E-state index in [-0.39, 0.29) is 11.8 Å². The van der Waals surface area contributed by atoms with Crippen LogP contribution in [0.5, 0.6) is 5.75 Å². The summed E-state index contributed by atoms with van der Waals surface area (Å²) in [7, 11) is 1.61. The second-order valence-electron chi connectivity index (χ2n) is 10.0. The predicted octanol–water partition coefficient (Wildman–Crippen LogP) is 3.59. The van der Waals surface area contributed by atoms with E-state index in [9.17, 15) is 9.59 Å². The Morgan fingerprint density at radius 1 is 1.03 bits per heavy atom. The van der Waals surface area contributed by atoms with Gasteiger partial charge in [0.25, 0.3) is 0 Å². The summed E-state index contributed by atoms with van der Waals surface area (Å²) < 4.78 is 11.1. The van der Waals surface area contributed by atoms with Crippen LogP contribution in [0.1, 0.15) is 24.8 Å². The maximum atomic E-state index is 12.3. The van der Waals surface area contributed by atoms with E-state index in [0.29, 0.717) is 45.0 Å². The Bertz CT molecular complexity index is 1390. The smallest absolute Gasteiger partial charge is 0.227 e. The first-order valence-corrected chi connectivity index (χ1v) is 13.4. The molecule has 0 radical (unpaired) electrons. The van der Waals surface area contributed by atoms with Gasteiger partial charge in [-0.05, 0) is 30.7 Å². The minimum absolute atomic E-state index is 0.136. The van der Waals surface area contributed by atoms with Crippen LogP contribution in [0.3, 0.4) is 0 Å². The molecule has 3 aliphatic rings. The van der Waals surface area contributed by atoms with Gasteiger partial charge in [0, 0.05) is 80.9 Å². The van der Waals surface area contributed by atoms with Gasteiger partial charge in [0.15, 0.2) is 0 Å². The molecule has 3 aliphatic heterocycles. The maximum absolute atomic E-state index is 12.3. The normalized spacial score (nSPS) is 16.5. The summed E-state index contributed by atoms with van der Waals surface area (Å²) in [6.45, 7) is 4.52. The summed E-state index contributed by atoms with van der Waals surface area (Å²) in [5, 5.41) is 3.38. The average Bonchev–Trinajstić information content (AvgIpc) is 3.41. The second kappa shape index (κ2) is 10.9. The van der Waals surface area contributed by atoms with E-state index in [1.165, 1.54) is 0 Å². The van der Waals surface area contributed by atoms with E-state index >= 15 is 0 Å². The van der Waals surface area contributed by atoms with Crippen LogP contribution in [-0.4, -0.2) is 73.1 Å². The van der Waals surface area contributed by atoms with Crippen LogP contribution < -0.4 is 19.9 Å². The van der Waals surface area contributed by atoms with Crippen LogP contribution in [0, 0.1) is 0 Å². The SMILES string of the molecule is COCCC(=O)N1CCN(c2cncc(Nc3cc4c(cn3)-c3ccc(N5CCCC5=O)cc3OC4)c2)CC1. The fourth-order valence-corrected chi connectivity index (χ4v) is 5.40. The highest BCUT2D eigenvalue weighted by Gasteiger charge is 2.25. The molecule has 39 heavy (non-hydrogen) atoms. The zero-order chi connectivity index (χ0) is 26.8. The number of aromatic nitrogens is 2. The van der Waals surface area contributed by atoms with Crippen molar-refractivity contribution in [2.24, 2.45) is 0 Å². The molecule has 0 bridgehead atoms. The number of methoxy groups -OCH3 is 1. The molecule has 6 rings (SSSR count). The largest absolute Gasteiger partial charge is 0.488 e. The number of nitrogens with one attached hydrogen (secondary N) is 1. The van der Waals surface area contributed by atoms with Gasteiger partial charge in [0.05, 0.1) is 36.8 Å². The minimum atomic E-state index is 0.136. The van der Waals surface area contributed by atoms with Gasteiger partial charge < -0.3 is 29.5 Å². The Hall–Kier alpha value is -4.18. The Morgan fingerprint density at radius 2 is 1.90 bits per heavy atom. The number of fused-ring (bicyclic) bond motifs is 3. The van der Waals surface area contributed by atoms with Gasteiger partial charge in [-0.2, -0.15) is 0 Å². The summed E-state index contributed by atoms with van der Waals surface area (Å²) in [6, 6.07) is 10.0. The number of rotatable bonds is 7. The first-order valence-electron chi connectivity index (χ1n) is 13.4. The lowest BCUT2D eigenvalue weighted by molar-refractivity contribution is -0.132. The van der Waals surface area contributed by atoms with Crippen molar-refractivity contribution < 1.29 is 19.1 Å². The lowest BCUT2D eigenvalue weighted by Gasteiger charge is -2.36. The molecule has 2 aromatic heterocycles. The summed E-state index contributed by atoms with van der Waals surface area (Å²) in [5.41, 5.74) is 5.79. The lowest BCUT2D eigenvalue weighted by atomic mass is 9.98. The number of ether oxygens (including phenoxy) is 2. The Kier molecular flexibility index (Phi) is 7.02. The number of carbonyl (C=O) groups is 2. The monoisotopic (exact) mass is 528 g/mol. The molecule has 1 N–H and O–H groups in total. The van der Waals surface area contributed by atoms with Crippen molar-refractivity contribution in [2.45, 2.75) is 25.9 Å². The van der Waals surface area contributed by atoms with E-state index in [4.69, 9.17) is 9.47 Å². The number of amides is 2. The number of anilines is 4. The molecule has 202 valence electrons. The standard InChI is InChI=1S/C29H32N6O4/c1-38-12-6-28(36)34-10-8-33(9-11-34)23-14-21(16-30-17-23)32-27-13-20-19-39-26-15-22(35-7-2-3-29(35)37)4-5-24(26)25(20)18-31-27/h4-5,13-18H,2-3,6-12,19H2,1H3,(H,31,32). The zero-order valence-electron chi connectivity index (χ0n) is 22.1. The third-order valence-electron chi connectivity index (χ3n) is 7.53. The Morgan fingerprint density at radius 3 is 2.69 bits per heavy atom. The van der Waals surface area contributed by atoms with Crippen LogP contribution in [0.25, 0.3) is 11.1 Å². The number of pyridine rings is 2. The van der Waals surface area contributed by atoms with Gasteiger partial charge in [0.1, 0.15) is 18.2 Å². The lowest BCUT2D eigenvalue weighted by Crippen LogP contribution is -2.49. The van der Waals surface area contributed by atoms with Crippen molar-refractivity contribution in [3.63, 3.8) is 0 Å². The number of hydrogen-bond acceptors (Lipinski definition) is 8. The first kappa shape index (κ1) is 25.1. The van der Waals surface area contributed by atoms with E-state index < -0.39 is 0 Å². The number of piperazine rings is 1. The molecule has 0 spiro atoms. The third kappa shape index (κ3) is 5.24. The molecule has 10 heteroatoms. The summed E-state index contributed by atoms with van der Waals surface area (Å²) in [4.78, 5) is 39.5. The molecule has 10 nitrogen and oxygen atoms in total. The van der Waals surface area contributed by atoms with Gasteiger partial charge in [-0.25, -0.2) is 4.98 Å². The van der Waals surface area contributed by atoms with Crippen molar-refractivity contribution >= 4 is 34.7 Å². The third-order valence-corrected chi connectivity index (χ3v) is 7.53. The second-order valence-corrected chi connectivity index (χ2v) is 10.0. The topological polar surface area (TPSA) is 100 Å². The number of carbonyl (C=O) groups excluding carboxylic acids is 2. The molecule has 0 saturated carbocycles. The van der Waals surface area contributed by atoms with Crippen LogP contribution in [-0.2, 0) is 20.9 Å². The number of hydrogen-bond donors (Lipinski definition) is 1. The van der Waals surface area contributed by atoms with Gasteiger partial charge in [-0.3, -0.25) is 14.6 Å². The fraction of sp³-hybridized carbons (Fsp3) is 0.379. The molecule has 0 aliphatic carbocycles. The van der Waals surface area contributed by atoms with Crippen molar-refractivity contribution in [3.05, 3.63) is 54.5 Å². The summed E-state index contributed by atoms with van der Waals surface area (Å²) in [6.07, 6.45) is 7.42. The summed E-state index contributed by atoms with van der Waals surface area (Å²) in [5.74, 6) is 1.79. The minimum Gasteiger partial charge on any atom is -0.488 e. The molecule has 2 fully saturated rings. The van der Waals surface area contributed by atoms with Crippen molar-refractivity contribution in [1.82, 2.24) is 14.9 Å². The molecule has 1 aromatic carbocycles. The van der Waals surface area contributed by atoms with Gasteiger partial charge in [-0.15, -0.1) is 0 Å². The van der Waals surface area contributed by atoms with Crippen molar-refractivity contribution in [1.29, 1.82) is 0 Å². The molecule has 2 saturated heterocycles. The first-order chi connectivity index (χ1) is 19.1. The summed E-state index contributed by atoms with van der Waals surface area (Å²) >= 11 is 0. The van der Waals surface area contributed by atoms with Crippen molar-refractivity contribution in [3.8, 4) is 16.9 Å². The van der Waals surface area contributed by atoms with E-state index in [2.05, 4.69) is 26.3 Å². The van der Waals surface area contributed by atoms with Crippen LogP contribution >= 0.6 is 0 Å². The molecule has 5 heterocycles. The number of benzene rings is 1. The molecule has 0 atom stereocenters. The van der Waals surface area contributed by atoms with Crippen molar-refractivity contribution in [2.75, 3.05) is 61.6 Å². The quantitative estimate of drug-likeness (QED) is 0.497. The van der Waals surface area contributed by atoms with Crippen LogP contribution in [0.2, 0.25) is 0 Å². The average molecular weight is 529 g/mol. The predicted molar refractivity (Wildman–Crippen MR) is 148 cm³/mol. The molecule has 0 unspecified atom stereocenters. The van der Waals surface area contributed by atoms with E-state index in [1.807, 2.05) is 46.5 Å². The highest BCUT2D eigenvalue weighted by molar-refractivity contribution is 5.96. The van der Waals surface area contributed by atoms with Gasteiger partial charge >= 0.3 is 0 Å². The maximum Gasteiger partial charge on any atom is 0.227 e. The molecule has 3 aromatic rings. The van der Waals surface area contributed by atoms with Crippen LogP contribution in [0.15, 0.2) is 48.9 Å². The van der Waals surface area contributed by atoms with E-state index in [0.717, 1.165) is 65.6 Å². The highest BCUT2D eigenvalue weighted by atomic mass is 16.5. The molecule has 2 amide bonds.